The molecule has 0 aromatic carbocycles. The van der Waals surface area contributed by atoms with E-state index in [-0.39, 0.29) is 6.04 Å². The van der Waals surface area contributed by atoms with Crippen LogP contribution >= 0.6 is 0 Å². The van der Waals surface area contributed by atoms with E-state index in [4.69, 9.17) is 18.0 Å². The van der Waals surface area contributed by atoms with Crippen LogP contribution in [0.5, 0.6) is 0 Å². The van der Waals surface area contributed by atoms with E-state index >= 15 is 0 Å². The molecular weight excluding hydrogens is 166 g/mol. The van der Waals surface area contributed by atoms with Crippen molar-refractivity contribution in [3.05, 3.63) is 4.85 Å². The Morgan fingerprint density at radius 3 is 2.46 bits per heavy atom. The average Bonchev–Trinajstić information content (AvgIpc) is 2.14. The van der Waals surface area contributed by atoms with Gasteiger partial charge >= 0.3 is 0 Å². The topological polar surface area (TPSA) is 80.5 Å². The summed E-state index contributed by atoms with van der Waals surface area (Å²) in [7, 11) is 0. The summed E-state index contributed by atoms with van der Waals surface area (Å²) in [5.74, 6) is 0. The second-order valence-electron chi connectivity index (χ2n) is 2.80. The maximum absolute atomic E-state index is 5.36. The van der Waals surface area contributed by atoms with E-state index in [1.165, 1.54) is 0 Å². The van der Waals surface area contributed by atoms with E-state index in [1.54, 1.807) is 0 Å². The van der Waals surface area contributed by atoms with Crippen LogP contribution in [0.2, 0.25) is 0 Å². The largest absolute Gasteiger partial charge is 0.329 e. The van der Waals surface area contributed by atoms with Crippen LogP contribution in [0.15, 0.2) is 0 Å². The Morgan fingerprint density at radius 2 is 1.92 bits per heavy atom. The molecule has 0 rings (SSSR count). The van der Waals surface area contributed by atoms with Gasteiger partial charge in [-0.15, -0.1) is 0 Å². The molecule has 0 fully saturated rings. The number of nitrogens with zero attached hydrogens (tertiary/aromatic N) is 1. The zero-order valence-corrected chi connectivity index (χ0v) is 8.00. The lowest BCUT2D eigenvalue weighted by molar-refractivity contribution is 0.503. The number of rotatable bonds is 8. The predicted octanol–water partition coefficient (Wildman–Crippen LogP) is -1.59. The lowest BCUT2D eigenvalue weighted by Crippen LogP contribution is -2.43. The molecule has 5 nitrogen and oxygen atoms in total. The van der Waals surface area contributed by atoms with Crippen molar-refractivity contribution in [1.82, 2.24) is 10.6 Å². The van der Waals surface area contributed by atoms with Gasteiger partial charge in [0, 0.05) is 32.7 Å². The Morgan fingerprint density at radius 1 is 1.23 bits per heavy atom. The fraction of sp³-hybridized carbons (Fsp3) is 0.875. The second-order valence-corrected chi connectivity index (χ2v) is 2.80. The minimum absolute atomic E-state index is 0.250. The predicted molar refractivity (Wildman–Crippen MR) is 55.9 cm³/mol. The number of nitrogens with one attached hydrogen (secondary N) is 2. The zero-order valence-electron chi connectivity index (χ0n) is 8.00. The van der Waals surface area contributed by atoms with Crippen molar-refractivity contribution in [2.24, 2.45) is 11.5 Å². The first kappa shape index (κ1) is 12.3. The van der Waals surface area contributed by atoms with Crippen LogP contribution in [-0.4, -0.2) is 45.3 Å². The van der Waals surface area contributed by atoms with Crippen molar-refractivity contribution < 1.29 is 0 Å². The fourth-order valence-electron chi connectivity index (χ4n) is 0.994. The van der Waals surface area contributed by atoms with E-state index in [9.17, 15) is 0 Å². The molecule has 6 N–H and O–H groups in total. The normalized spacial score (nSPS) is 12.4. The summed E-state index contributed by atoms with van der Waals surface area (Å²) in [5, 5.41) is 6.41. The van der Waals surface area contributed by atoms with Crippen LogP contribution in [0.25, 0.3) is 4.85 Å². The molecule has 1 unspecified atom stereocenters. The maximum atomic E-state index is 5.36. The molecule has 0 heterocycles. The molecule has 5 heteroatoms. The van der Waals surface area contributed by atoms with Gasteiger partial charge in [-0.05, 0) is 0 Å². The van der Waals surface area contributed by atoms with E-state index in [2.05, 4.69) is 15.5 Å². The monoisotopic (exact) mass is 186 g/mol. The van der Waals surface area contributed by atoms with Crippen LogP contribution in [0, 0.1) is 6.57 Å². The average molecular weight is 186 g/mol. The first-order valence-corrected chi connectivity index (χ1v) is 4.56. The summed E-state index contributed by atoms with van der Waals surface area (Å²) < 4.78 is 0. The second kappa shape index (κ2) is 9.42. The number of hydrogen-bond acceptors (Lipinski definition) is 4. The number of nitrogens with two attached hydrogens (primary N) is 2. The summed E-state index contributed by atoms with van der Waals surface area (Å²) in [6, 6.07) is 0.250. The Balaban J connectivity index is 3.48. The third-order valence-electron chi connectivity index (χ3n) is 1.61. The Kier molecular flexibility index (Phi) is 8.93. The van der Waals surface area contributed by atoms with Gasteiger partial charge < -0.3 is 22.1 Å². The van der Waals surface area contributed by atoms with Crippen molar-refractivity contribution in [2.45, 2.75) is 6.04 Å². The minimum Gasteiger partial charge on any atom is -0.329 e. The fourth-order valence-corrected chi connectivity index (χ4v) is 0.994. The highest BCUT2D eigenvalue weighted by molar-refractivity contribution is 4.81. The quantitative estimate of drug-likeness (QED) is 0.345. The third-order valence-corrected chi connectivity index (χ3v) is 1.61. The molecule has 0 aliphatic carbocycles. The van der Waals surface area contributed by atoms with E-state index in [0.717, 1.165) is 19.6 Å². The van der Waals surface area contributed by atoms with Crippen LogP contribution in [0.3, 0.4) is 0 Å². The lowest BCUT2D eigenvalue weighted by atomic mass is 10.3. The Labute approximate surface area is 79.7 Å². The lowest BCUT2D eigenvalue weighted by Gasteiger charge is -2.12. The molecule has 0 aromatic rings. The van der Waals surface area contributed by atoms with Crippen molar-refractivity contribution in [1.29, 1.82) is 0 Å². The van der Waals surface area contributed by atoms with Crippen molar-refractivity contribution in [2.75, 3.05) is 39.3 Å². The van der Waals surface area contributed by atoms with Gasteiger partial charge in [0.15, 0.2) is 0 Å². The van der Waals surface area contributed by atoms with Crippen LogP contribution in [0.1, 0.15) is 0 Å². The molecule has 0 saturated carbocycles. The highest BCUT2D eigenvalue weighted by atomic mass is 15.0. The van der Waals surface area contributed by atoms with Gasteiger partial charge in [0.05, 0.1) is 6.04 Å². The van der Waals surface area contributed by atoms with E-state index < -0.39 is 0 Å². The van der Waals surface area contributed by atoms with Gasteiger partial charge in [0.1, 0.15) is 0 Å². The number of hydrogen-bond donors (Lipinski definition) is 4. The van der Waals surface area contributed by atoms with Crippen LogP contribution in [0.4, 0.5) is 0 Å². The summed E-state index contributed by atoms with van der Waals surface area (Å²) >= 11 is 0. The van der Waals surface area contributed by atoms with Gasteiger partial charge in [-0.25, -0.2) is 0 Å². The Hall–Kier alpha value is -0.670. The summed E-state index contributed by atoms with van der Waals surface area (Å²) in [6.07, 6.45) is 0. The third kappa shape index (κ3) is 7.68. The van der Waals surface area contributed by atoms with Gasteiger partial charge in [0.2, 0.25) is 0 Å². The zero-order chi connectivity index (χ0) is 9.94. The molecular formula is C8H20N5+. The molecule has 13 heavy (non-hydrogen) atoms. The smallest absolute Gasteiger partial charge is 0.279 e. The standard InChI is InChI=1S/C8H20N5/c1-11-6-8(13-5-3-10)7-12-4-2-9/h1,8,12-13H,2-7,9-10H2/q+1. The summed E-state index contributed by atoms with van der Waals surface area (Å²) in [4.78, 5) is 3.59. The highest BCUT2D eigenvalue weighted by Crippen LogP contribution is 1.82. The summed E-state index contributed by atoms with van der Waals surface area (Å²) in [6.45, 7) is 9.38. The Bertz CT molecular complexity index is 142. The van der Waals surface area contributed by atoms with Gasteiger partial charge in [-0.3, -0.25) is 0 Å². The van der Waals surface area contributed by atoms with Gasteiger partial charge in [-0.1, -0.05) is 4.85 Å². The first-order valence-electron chi connectivity index (χ1n) is 4.56. The highest BCUT2D eigenvalue weighted by Gasteiger charge is 2.10. The van der Waals surface area contributed by atoms with E-state index in [1.807, 2.05) is 0 Å². The van der Waals surface area contributed by atoms with Gasteiger partial charge in [0.25, 0.3) is 13.1 Å². The maximum Gasteiger partial charge on any atom is 0.279 e. The molecule has 0 bridgehead atoms. The van der Waals surface area contributed by atoms with Crippen molar-refractivity contribution >= 4 is 0 Å². The molecule has 0 aromatic heterocycles. The van der Waals surface area contributed by atoms with Gasteiger partial charge in [-0.2, -0.15) is 0 Å². The first-order chi connectivity index (χ1) is 6.35. The SMILES string of the molecule is C#[N+]CC(CNCCN)NCCN. The molecule has 0 saturated heterocycles. The van der Waals surface area contributed by atoms with Crippen LogP contribution in [-0.2, 0) is 0 Å². The van der Waals surface area contributed by atoms with Crippen molar-refractivity contribution in [3.8, 4) is 6.57 Å². The molecule has 1 atom stereocenters. The molecule has 0 aliphatic rings. The molecule has 76 valence electrons. The van der Waals surface area contributed by atoms with Crippen LogP contribution < -0.4 is 22.1 Å². The molecule has 0 spiro atoms. The minimum atomic E-state index is 0.250. The summed E-state index contributed by atoms with van der Waals surface area (Å²) in [5.41, 5.74) is 10.7. The van der Waals surface area contributed by atoms with E-state index in [0.29, 0.717) is 19.6 Å². The molecule has 0 aliphatic heterocycles. The molecule has 0 radical (unpaired) electrons. The molecule has 0 amide bonds. The van der Waals surface area contributed by atoms with Crippen molar-refractivity contribution in [3.63, 3.8) is 0 Å².